The molecule has 2 aliphatic rings. The van der Waals surface area contributed by atoms with Gasteiger partial charge in [0.2, 0.25) is 0 Å². The molecule has 0 saturated carbocycles. The molecule has 8 heteroatoms. The van der Waals surface area contributed by atoms with E-state index in [0.29, 0.717) is 17.3 Å². The summed E-state index contributed by atoms with van der Waals surface area (Å²) in [6.45, 7) is 1.02. The summed E-state index contributed by atoms with van der Waals surface area (Å²) in [5.41, 5.74) is 7.30. The average molecular weight is 441 g/mol. The fourth-order valence-electron chi connectivity index (χ4n) is 4.96. The fourth-order valence-corrected chi connectivity index (χ4v) is 5.82. The molecule has 31 heavy (non-hydrogen) atoms. The molecule has 3 atom stereocenters. The quantitative estimate of drug-likeness (QED) is 0.594. The number of amides is 2. The number of carbonyl (C=O) groups excluding carboxylic acids is 1. The molecule has 0 aliphatic carbocycles. The lowest BCUT2D eigenvalue weighted by atomic mass is 9.96. The van der Waals surface area contributed by atoms with E-state index in [1.807, 2.05) is 12.1 Å². The zero-order valence-electron chi connectivity index (χ0n) is 17.1. The third-order valence-electron chi connectivity index (χ3n) is 6.35. The largest absolute Gasteiger partial charge is 0.431 e. The van der Waals surface area contributed by atoms with Gasteiger partial charge in [-0.05, 0) is 68.0 Å². The van der Waals surface area contributed by atoms with Gasteiger partial charge in [0.15, 0.2) is 0 Å². The molecular formula is C23H25FN4O2S. The number of fused-ring (bicyclic) bond motifs is 3. The maximum absolute atomic E-state index is 13.4. The molecule has 3 N–H and O–H groups in total. The van der Waals surface area contributed by atoms with Crippen molar-refractivity contribution in [1.29, 1.82) is 0 Å². The van der Waals surface area contributed by atoms with Crippen LogP contribution in [0.25, 0.3) is 10.2 Å². The number of urea groups is 1. The van der Waals surface area contributed by atoms with E-state index >= 15 is 0 Å². The number of aromatic nitrogens is 1. The van der Waals surface area contributed by atoms with Gasteiger partial charge in [0.25, 0.3) is 5.19 Å². The van der Waals surface area contributed by atoms with Crippen molar-refractivity contribution in [2.75, 3.05) is 6.54 Å². The Bertz CT molecular complexity index is 1070. The van der Waals surface area contributed by atoms with Crippen molar-refractivity contribution in [3.05, 3.63) is 53.8 Å². The van der Waals surface area contributed by atoms with Crippen molar-refractivity contribution >= 4 is 27.6 Å². The highest BCUT2D eigenvalue weighted by Gasteiger charge is 2.40. The standard InChI is InChI=1S/C23H25FN4O2S/c24-15-3-8-20-21(11-15)31-23(27-20)30-19-6-1-14(2-7-19)9-10-28-17-4-5-18(28)13-16(12-17)26-22(25)29/h1-3,6-8,11,16-18H,4-5,9-10,12-13H2,(H3,25,26,29)/t16?,17-,18?/m0/s1. The van der Waals surface area contributed by atoms with Gasteiger partial charge in [0, 0.05) is 24.7 Å². The normalized spacial score (nSPS) is 23.2. The van der Waals surface area contributed by atoms with Crippen LogP contribution in [0.2, 0.25) is 0 Å². The second-order valence-electron chi connectivity index (χ2n) is 8.39. The summed E-state index contributed by atoms with van der Waals surface area (Å²) >= 11 is 1.34. The fraction of sp³-hybridized carbons (Fsp3) is 0.391. The topological polar surface area (TPSA) is 80.5 Å². The Morgan fingerprint density at radius 1 is 1.19 bits per heavy atom. The lowest BCUT2D eigenvalue weighted by Crippen LogP contribution is -2.51. The van der Waals surface area contributed by atoms with Gasteiger partial charge in [-0.1, -0.05) is 23.5 Å². The van der Waals surface area contributed by atoms with Crippen LogP contribution in [0, 0.1) is 5.82 Å². The molecule has 2 fully saturated rings. The zero-order valence-corrected chi connectivity index (χ0v) is 17.9. The van der Waals surface area contributed by atoms with Crippen LogP contribution in [-0.2, 0) is 6.42 Å². The maximum atomic E-state index is 13.4. The molecule has 6 nitrogen and oxygen atoms in total. The summed E-state index contributed by atoms with van der Waals surface area (Å²) in [6.07, 6.45) is 5.33. The Morgan fingerprint density at radius 3 is 2.65 bits per heavy atom. The van der Waals surface area contributed by atoms with Crippen LogP contribution in [0.3, 0.4) is 0 Å². The summed E-state index contributed by atoms with van der Waals surface area (Å²) in [6, 6.07) is 13.5. The number of benzene rings is 2. The van der Waals surface area contributed by atoms with Crippen molar-refractivity contribution in [3.63, 3.8) is 0 Å². The first-order valence-electron chi connectivity index (χ1n) is 10.7. The first-order valence-corrected chi connectivity index (χ1v) is 11.5. The minimum Gasteiger partial charge on any atom is -0.431 e. The highest BCUT2D eigenvalue weighted by atomic mass is 32.1. The molecule has 2 aromatic carbocycles. The second kappa shape index (κ2) is 8.43. The molecule has 2 amide bonds. The zero-order chi connectivity index (χ0) is 21.4. The van der Waals surface area contributed by atoms with Crippen LogP contribution in [0.4, 0.5) is 9.18 Å². The number of piperidine rings is 1. The molecule has 3 heterocycles. The molecule has 2 bridgehead atoms. The van der Waals surface area contributed by atoms with E-state index < -0.39 is 6.03 Å². The molecule has 0 spiro atoms. The Kier molecular flexibility index (Phi) is 5.50. The number of nitrogens with two attached hydrogens (primary N) is 1. The minimum absolute atomic E-state index is 0.210. The molecule has 2 unspecified atom stereocenters. The van der Waals surface area contributed by atoms with E-state index in [4.69, 9.17) is 10.5 Å². The smallest absolute Gasteiger partial charge is 0.312 e. The SMILES string of the molecule is NC(=O)NC1CC2CC[C@@H](C1)N2CCc1ccc(Oc2nc3ccc(F)cc3s2)cc1. The van der Waals surface area contributed by atoms with Gasteiger partial charge in [-0.15, -0.1) is 0 Å². The first-order chi connectivity index (χ1) is 15.0. The van der Waals surface area contributed by atoms with E-state index in [9.17, 15) is 9.18 Å². The number of thiazole rings is 1. The highest BCUT2D eigenvalue weighted by Crippen LogP contribution is 2.36. The van der Waals surface area contributed by atoms with E-state index in [2.05, 4.69) is 27.3 Å². The number of ether oxygens (including phenoxy) is 1. The molecule has 5 rings (SSSR count). The molecule has 0 radical (unpaired) electrons. The van der Waals surface area contributed by atoms with Crippen LogP contribution in [0.5, 0.6) is 10.9 Å². The van der Waals surface area contributed by atoms with Gasteiger partial charge in [-0.25, -0.2) is 14.2 Å². The van der Waals surface area contributed by atoms with E-state index in [1.54, 1.807) is 6.07 Å². The number of halogens is 1. The van der Waals surface area contributed by atoms with Gasteiger partial charge in [-0.3, -0.25) is 4.90 Å². The number of hydrogen-bond donors (Lipinski definition) is 2. The van der Waals surface area contributed by atoms with Crippen LogP contribution >= 0.6 is 11.3 Å². The molecule has 1 aromatic heterocycles. The van der Waals surface area contributed by atoms with Gasteiger partial charge in [0.1, 0.15) is 11.6 Å². The predicted octanol–water partition coefficient (Wildman–Crippen LogP) is 4.43. The van der Waals surface area contributed by atoms with Crippen molar-refractivity contribution in [1.82, 2.24) is 15.2 Å². The van der Waals surface area contributed by atoms with E-state index in [1.165, 1.54) is 41.9 Å². The van der Waals surface area contributed by atoms with E-state index in [-0.39, 0.29) is 11.9 Å². The summed E-state index contributed by atoms with van der Waals surface area (Å²) in [5.74, 6) is 0.454. The highest BCUT2D eigenvalue weighted by molar-refractivity contribution is 7.20. The molecule has 2 saturated heterocycles. The average Bonchev–Trinajstić information content (AvgIpc) is 3.23. The molecule has 162 valence electrons. The van der Waals surface area contributed by atoms with Crippen molar-refractivity contribution in [2.45, 2.75) is 50.2 Å². The third kappa shape index (κ3) is 4.50. The molecular weight excluding hydrogens is 415 g/mol. The number of nitrogens with one attached hydrogen (secondary N) is 1. The summed E-state index contributed by atoms with van der Waals surface area (Å²) in [4.78, 5) is 18.2. The monoisotopic (exact) mass is 440 g/mol. The Labute approximate surface area is 184 Å². The Hall–Kier alpha value is -2.71. The number of primary amides is 1. The molecule has 3 aromatic rings. The van der Waals surface area contributed by atoms with Crippen molar-refractivity contribution in [3.8, 4) is 10.9 Å². The number of carbonyl (C=O) groups is 1. The summed E-state index contributed by atoms with van der Waals surface area (Å²) < 4.78 is 20.0. The maximum Gasteiger partial charge on any atom is 0.312 e. The lowest BCUT2D eigenvalue weighted by Gasteiger charge is -2.39. The second-order valence-corrected chi connectivity index (χ2v) is 9.38. The van der Waals surface area contributed by atoms with Crippen molar-refractivity contribution < 1.29 is 13.9 Å². The predicted molar refractivity (Wildman–Crippen MR) is 119 cm³/mol. The summed E-state index contributed by atoms with van der Waals surface area (Å²) in [7, 11) is 0. The minimum atomic E-state index is -0.418. The van der Waals surface area contributed by atoms with Crippen LogP contribution in [0.1, 0.15) is 31.2 Å². The van der Waals surface area contributed by atoms with E-state index in [0.717, 1.165) is 41.8 Å². The van der Waals surface area contributed by atoms with Gasteiger partial charge < -0.3 is 15.8 Å². The Morgan fingerprint density at radius 2 is 1.94 bits per heavy atom. The van der Waals surface area contributed by atoms with Crippen LogP contribution in [0.15, 0.2) is 42.5 Å². The van der Waals surface area contributed by atoms with Crippen LogP contribution in [-0.4, -0.2) is 40.6 Å². The van der Waals surface area contributed by atoms with Gasteiger partial charge in [0.05, 0.1) is 10.2 Å². The summed E-state index contributed by atoms with van der Waals surface area (Å²) in [5, 5.41) is 3.40. The lowest BCUT2D eigenvalue weighted by molar-refractivity contribution is 0.121. The Balaban J connectivity index is 1.17. The number of hydrogen-bond acceptors (Lipinski definition) is 5. The number of rotatable bonds is 6. The van der Waals surface area contributed by atoms with Crippen molar-refractivity contribution in [2.24, 2.45) is 5.73 Å². The third-order valence-corrected chi connectivity index (χ3v) is 7.24. The van der Waals surface area contributed by atoms with Gasteiger partial charge >= 0.3 is 6.03 Å². The van der Waals surface area contributed by atoms with Crippen LogP contribution < -0.4 is 15.8 Å². The van der Waals surface area contributed by atoms with Gasteiger partial charge in [-0.2, -0.15) is 0 Å². The molecule has 2 aliphatic heterocycles. The first kappa shape index (κ1) is 20.2. The number of nitrogens with zero attached hydrogens (tertiary/aromatic N) is 2.